The fourth-order valence-electron chi connectivity index (χ4n) is 2.57. The highest BCUT2D eigenvalue weighted by Gasteiger charge is 2.24. The van der Waals surface area contributed by atoms with Crippen molar-refractivity contribution in [3.63, 3.8) is 0 Å². The normalized spacial score (nSPS) is 18.0. The van der Waals surface area contributed by atoms with Gasteiger partial charge in [0.1, 0.15) is 5.82 Å². The quantitative estimate of drug-likeness (QED) is 0.929. The van der Waals surface area contributed by atoms with Gasteiger partial charge in [0.15, 0.2) is 0 Å². The van der Waals surface area contributed by atoms with Gasteiger partial charge in [-0.25, -0.2) is 17.7 Å². The van der Waals surface area contributed by atoms with Crippen LogP contribution in [0.1, 0.15) is 12.8 Å². The first kappa shape index (κ1) is 14.2. The molecule has 1 N–H and O–H groups in total. The van der Waals surface area contributed by atoms with Gasteiger partial charge in [0.25, 0.3) is 0 Å². The molecule has 0 atom stereocenters. The Balaban J connectivity index is 1.67. The third-order valence-electron chi connectivity index (χ3n) is 3.72. The van der Waals surface area contributed by atoms with Crippen molar-refractivity contribution in [3.8, 4) is 0 Å². The summed E-state index contributed by atoms with van der Waals surface area (Å²) in [7, 11) is -3.07. The lowest BCUT2D eigenvalue weighted by atomic mass is 10.1. The van der Waals surface area contributed by atoms with Gasteiger partial charge >= 0.3 is 0 Å². The molecule has 0 saturated carbocycles. The Hall–Kier alpha value is -1.73. The van der Waals surface area contributed by atoms with Gasteiger partial charge in [0, 0.05) is 19.1 Å². The summed E-state index contributed by atoms with van der Waals surface area (Å²) in [6.45, 7) is 1.11. The zero-order chi connectivity index (χ0) is 14.9. The molecule has 0 spiro atoms. The Kier molecular flexibility index (Phi) is 3.77. The predicted octanol–water partition coefficient (Wildman–Crippen LogP) is 1.47. The van der Waals surface area contributed by atoms with Crippen molar-refractivity contribution < 1.29 is 8.42 Å². The van der Waals surface area contributed by atoms with E-state index < -0.39 is 10.0 Å². The standard InChI is InChI=1S/C14H18N4O2S/c1-21(19,20)18-8-6-11(7-9-18)16-14-10-15-12-4-2-3-5-13(12)17-14/h2-5,10-11H,6-9H2,1H3,(H,16,17). The summed E-state index contributed by atoms with van der Waals surface area (Å²) in [5, 5.41) is 3.35. The van der Waals surface area contributed by atoms with E-state index >= 15 is 0 Å². The zero-order valence-electron chi connectivity index (χ0n) is 11.9. The Morgan fingerprint density at radius 1 is 1.19 bits per heavy atom. The van der Waals surface area contributed by atoms with Crippen LogP contribution in [0.5, 0.6) is 0 Å². The van der Waals surface area contributed by atoms with Gasteiger partial charge in [-0.05, 0) is 25.0 Å². The molecule has 21 heavy (non-hydrogen) atoms. The molecule has 0 bridgehead atoms. The molecular weight excluding hydrogens is 288 g/mol. The number of sulfonamides is 1. The summed E-state index contributed by atoms with van der Waals surface area (Å²) in [6, 6.07) is 7.96. The topological polar surface area (TPSA) is 75.2 Å². The second-order valence-electron chi connectivity index (χ2n) is 5.32. The van der Waals surface area contributed by atoms with E-state index in [1.807, 2.05) is 24.3 Å². The summed E-state index contributed by atoms with van der Waals surface area (Å²) >= 11 is 0. The van der Waals surface area contributed by atoms with Crippen molar-refractivity contribution in [1.29, 1.82) is 0 Å². The molecule has 2 aromatic rings. The maximum absolute atomic E-state index is 11.5. The number of aromatic nitrogens is 2. The van der Waals surface area contributed by atoms with Gasteiger partial charge in [0.2, 0.25) is 10.0 Å². The van der Waals surface area contributed by atoms with Crippen LogP contribution >= 0.6 is 0 Å². The summed E-state index contributed by atoms with van der Waals surface area (Å²) < 4.78 is 24.5. The van der Waals surface area contributed by atoms with Gasteiger partial charge in [-0.2, -0.15) is 0 Å². The fraction of sp³-hybridized carbons (Fsp3) is 0.429. The number of benzene rings is 1. The molecule has 1 aliphatic rings. The third-order valence-corrected chi connectivity index (χ3v) is 5.03. The van der Waals surface area contributed by atoms with E-state index in [1.54, 1.807) is 6.20 Å². The van der Waals surface area contributed by atoms with Crippen LogP contribution in [0.2, 0.25) is 0 Å². The smallest absolute Gasteiger partial charge is 0.211 e. The van der Waals surface area contributed by atoms with Crippen LogP contribution in [0.3, 0.4) is 0 Å². The predicted molar refractivity (Wildman–Crippen MR) is 82.6 cm³/mol. The SMILES string of the molecule is CS(=O)(=O)N1CCC(Nc2cnc3ccccc3n2)CC1. The van der Waals surface area contributed by atoms with Crippen LogP contribution in [-0.2, 0) is 10.0 Å². The molecular formula is C14H18N4O2S. The molecule has 1 aliphatic heterocycles. The van der Waals surface area contributed by atoms with Gasteiger partial charge < -0.3 is 5.32 Å². The highest BCUT2D eigenvalue weighted by Crippen LogP contribution is 2.18. The number of rotatable bonds is 3. The molecule has 1 aromatic heterocycles. The lowest BCUT2D eigenvalue weighted by Gasteiger charge is -2.30. The molecule has 3 rings (SSSR count). The number of nitrogens with zero attached hydrogens (tertiary/aromatic N) is 3. The Labute approximate surface area is 124 Å². The monoisotopic (exact) mass is 306 g/mol. The van der Waals surface area contributed by atoms with E-state index in [1.165, 1.54) is 10.6 Å². The second kappa shape index (κ2) is 5.57. The first-order chi connectivity index (χ1) is 10.0. The van der Waals surface area contributed by atoms with Gasteiger partial charge in [-0.1, -0.05) is 12.1 Å². The first-order valence-corrected chi connectivity index (χ1v) is 8.81. The molecule has 0 unspecified atom stereocenters. The number of piperidine rings is 1. The molecule has 0 amide bonds. The number of fused-ring (bicyclic) bond motifs is 1. The Morgan fingerprint density at radius 3 is 2.52 bits per heavy atom. The van der Waals surface area contributed by atoms with Crippen molar-refractivity contribution >= 4 is 26.9 Å². The molecule has 0 radical (unpaired) electrons. The number of hydrogen-bond donors (Lipinski definition) is 1. The summed E-state index contributed by atoms with van der Waals surface area (Å²) in [6.07, 6.45) is 4.55. The maximum Gasteiger partial charge on any atom is 0.211 e. The van der Waals surface area contributed by atoms with E-state index in [2.05, 4.69) is 15.3 Å². The van der Waals surface area contributed by atoms with Crippen LogP contribution in [-0.4, -0.2) is 48.1 Å². The van der Waals surface area contributed by atoms with E-state index in [9.17, 15) is 8.42 Å². The highest BCUT2D eigenvalue weighted by atomic mass is 32.2. The van der Waals surface area contributed by atoms with Crippen LogP contribution in [0.25, 0.3) is 11.0 Å². The number of nitrogens with one attached hydrogen (secondary N) is 1. The summed E-state index contributed by atoms with van der Waals surface area (Å²) in [5.74, 6) is 0.742. The molecule has 0 aliphatic carbocycles. The lowest BCUT2D eigenvalue weighted by molar-refractivity contribution is 0.331. The molecule has 1 fully saturated rings. The molecule has 7 heteroatoms. The van der Waals surface area contributed by atoms with Crippen LogP contribution in [0, 0.1) is 0 Å². The average molecular weight is 306 g/mol. The van der Waals surface area contributed by atoms with E-state index in [4.69, 9.17) is 0 Å². The van der Waals surface area contributed by atoms with Crippen molar-refractivity contribution in [2.45, 2.75) is 18.9 Å². The number of anilines is 1. The van der Waals surface area contributed by atoms with Crippen molar-refractivity contribution in [3.05, 3.63) is 30.5 Å². The largest absolute Gasteiger partial charge is 0.366 e. The van der Waals surface area contributed by atoms with E-state index in [0.717, 1.165) is 29.7 Å². The second-order valence-corrected chi connectivity index (χ2v) is 7.31. The lowest BCUT2D eigenvalue weighted by Crippen LogP contribution is -2.41. The molecule has 112 valence electrons. The van der Waals surface area contributed by atoms with Gasteiger partial charge in [0.05, 0.1) is 23.5 Å². The summed E-state index contributed by atoms with van der Waals surface area (Å²) in [4.78, 5) is 8.90. The van der Waals surface area contributed by atoms with Gasteiger partial charge in [-0.15, -0.1) is 0 Å². The average Bonchev–Trinajstić information content (AvgIpc) is 2.47. The van der Waals surface area contributed by atoms with Crippen molar-refractivity contribution in [1.82, 2.24) is 14.3 Å². The van der Waals surface area contributed by atoms with Crippen LogP contribution in [0.15, 0.2) is 30.5 Å². The molecule has 6 nitrogen and oxygen atoms in total. The summed E-state index contributed by atoms with van der Waals surface area (Å²) in [5.41, 5.74) is 1.73. The molecule has 1 saturated heterocycles. The number of hydrogen-bond acceptors (Lipinski definition) is 5. The van der Waals surface area contributed by atoms with Crippen molar-refractivity contribution in [2.75, 3.05) is 24.7 Å². The molecule has 2 heterocycles. The fourth-order valence-corrected chi connectivity index (χ4v) is 3.44. The van der Waals surface area contributed by atoms with Gasteiger partial charge in [-0.3, -0.25) is 4.98 Å². The minimum Gasteiger partial charge on any atom is -0.366 e. The van der Waals surface area contributed by atoms with Crippen LogP contribution in [0.4, 0.5) is 5.82 Å². The Bertz CT molecular complexity index is 739. The maximum atomic E-state index is 11.5. The minimum absolute atomic E-state index is 0.235. The molecule has 1 aromatic carbocycles. The van der Waals surface area contributed by atoms with Crippen molar-refractivity contribution in [2.24, 2.45) is 0 Å². The first-order valence-electron chi connectivity index (χ1n) is 6.96. The van der Waals surface area contributed by atoms with Crippen LogP contribution < -0.4 is 5.32 Å². The third kappa shape index (κ3) is 3.30. The zero-order valence-corrected chi connectivity index (χ0v) is 12.7. The van der Waals surface area contributed by atoms with E-state index in [-0.39, 0.29) is 6.04 Å². The Morgan fingerprint density at radius 2 is 1.86 bits per heavy atom. The number of para-hydroxylation sites is 2. The van der Waals surface area contributed by atoms with E-state index in [0.29, 0.717) is 13.1 Å². The highest BCUT2D eigenvalue weighted by molar-refractivity contribution is 7.88. The minimum atomic E-state index is -3.07.